The molecule has 1 unspecified atom stereocenters. The van der Waals surface area contributed by atoms with E-state index in [0.717, 1.165) is 57.6 Å². The molecule has 8 heteroatoms. The molecule has 156 valence electrons. The molecule has 2 aliphatic rings. The predicted molar refractivity (Wildman–Crippen MR) is 108 cm³/mol. The van der Waals surface area contributed by atoms with Gasteiger partial charge in [-0.15, -0.1) is 0 Å². The maximum atomic E-state index is 12.5. The van der Waals surface area contributed by atoms with Crippen LogP contribution >= 0.6 is 0 Å². The van der Waals surface area contributed by atoms with E-state index >= 15 is 0 Å². The van der Waals surface area contributed by atoms with E-state index in [4.69, 9.17) is 4.74 Å². The fourth-order valence-electron chi connectivity index (χ4n) is 3.76. The lowest BCUT2D eigenvalue weighted by Crippen LogP contribution is -2.47. The third-order valence-corrected chi connectivity index (χ3v) is 7.00. The Morgan fingerprint density at radius 2 is 1.89 bits per heavy atom. The van der Waals surface area contributed by atoms with Gasteiger partial charge in [0.15, 0.2) is 0 Å². The molecule has 3 rings (SSSR count). The van der Waals surface area contributed by atoms with Gasteiger partial charge < -0.3 is 10.1 Å². The van der Waals surface area contributed by atoms with Crippen LogP contribution in [0.3, 0.4) is 0 Å². The molecule has 1 atom stereocenters. The van der Waals surface area contributed by atoms with Gasteiger partial charge in [-0.2, -0.15) is 0 Å². The monoisotopic (exact) mass is 409 g/mol. The van der Waals surface area contributed by atoms with Crippen molar-refractivity contribution in [3.8, 4) is 0 Å². The number of fused-ring (bicyclic) bond motifs is 1. The molecular weight excluding hydrogens is 378 g/mol. The second kappa shape index (κ2) is 9.82. The van der Waals surface area contributed by atoms with Crippen LogP contribution < -0.4 is 10.0 Å². The number of morpholine rings is 1. The largest absolute Gasteiger partial charge is 0.379 e. The smallest absolute Gasteiger partial charge is 0.240 e. The summed E-state index contributed by atoms with van der Waals surface area (Å²) >= 11 is 0. The van der Waals surface area contributed by atoms with Gasteiger partial charge in [-0.25, -0.2) is 13.1 Å². The van der Waals surface area contributed by atoms with Crippen molar-refractivity contribution in [1.82, 2.24) is 14.9 Å². The van der Waals surface area contributed by atoms with Crippen LogP contribution in [-0.2, 0) is 32.4 Å². The number of sulfonamides is 1. The first-order valence-electron chi connectivity index (χ1n) is 10.2. The summed E-state index contributed by atoms with van der Waals surface area (Å²) in [5.41, 5.74) is 2.38. The van der Waals surface area contributed by atoms with Crippen LogP contribution in [0.15, 0.2) is 23.1 Å². The zero-order chi connectivity index (χ0) is 20.0. The van der Waals surface area contributed by atoms with E-state index in [2.05, 4.69) is 21.9 Å². The van der Waals surface area contributed by atoms with Gasteiger partial charge >= 0.3 is 0 Å². The molecule has 2 N–H and O–H groups in total. The second-order valence-electron chi connectivity index (χ2n) is 7.59. The summed E-state index contributed by atoms with van der Waals surface area (Å²) in [5.74, 6) is -0.145. The lowest BCUT2D eigenvalue weighted by Gasteiger charge is -2.32. The number of benzene rings is 1. The molecule has 1 saturated heterocycles. The first-order chi connectivity index (χ1) is 13.5. The molecule has 1 aliphatic heterocycles. The lowest BCUT2D eigenvalue weighted by molar-refractivity contribution is -0.121. The van der Waals surface area contributed by atoms with Crippen LogP contribution in [0, 0.1) is 0 Å². The van der Waals surface area contributed by atoms with Gasteiger partial charge in [-0.1, -0.05) is 6.07 Å². The summed E-state index contributed by atoms with van der Waals surface area (Å²) in [6.07, 6.45) is 4.35. The van der Waals surface area contributed by atoms with Crippen molar-refractivity contribution in [3.05, 3.63) is 29.3 Å². The lowest BCUT2D eigenvalue weighted by atomic mass is 9.92. The summed E-state index contributed by atoms with van der Waals surface area (Å²) in [7, 11) is -3.59. The molecule has 0 bridgehead atoms. The quantitative estimate of drug-likeness (QED) is 0.671. The minimum Gasteiger partial charge on any atom is -0.379 e. The number of carbonyl (C=O) groups excluding carboxylic acids is 1. The van der Waals surface area contributed by atoms with E-state index in [0.29, 0.717) is 6.54 Å². The number of aryl methyl sites for hydroxylation is 2. The number of hydrogen-bond donors (Lipinski definition) is 2. The van der Waals surface area contributed by atoms with E-state index in [9.17, 15) is 13.2 Å². The fourth-order valence-corrected chi connectivity index (χ4v) is 4.84. The number of nitrogens with one attached hydrogen (secondary N) is 2. The van der Waals surface area contributed by atoms with E-state index in [1.807, 2.05) is 6.07 Å². The highest BCUT2D eigenvalue weighted by Crippen LogP contribution is 2.24. The molecular formula is C20H31N3O4S. The van der Waals surface area contributed by atoms with Gasteiger partial charge in [0, 0.05) is 38.6 Å². The Hall–Kier alpha value is -1.48. The van der Waals surface area contributed by atoms with Crippen molar-refractivity contribution in [2.75, 3.05) is 39.4 Å². The first-order valence-corrected chi connectivity index (χ1v) is 11.6. The number of hydrogen-bond acceptors (Lipinski definition) is 5. The molecule has 28 heavy (non-hydrogen) atoms. The van der Waals surface area contributed by atoms with Crippen molar-refractivity contribution < 1.29 is 17.9 Å². The zero-order valence-electron chi connectivity index (χ0n) is 16.6. The molecule has 0 spiro atoms. The highest BCUT2D eigenvalue weighted by Gasteiger charge is 2.19. The normalized spacial score (nSPS) is 19.0. The highest BCUT2D eigenvalue weighted by atomic mass is 32.2. The molecule has 0 aromatic heterocycles. The third-order valence-electron chi connectivity index (χ3n) is 5.54. The van der Waals surface area contributed by atoms with E-state index in [1.54, 1.807) is 12.1 Å². The minimum atomic E-state index is -3.59. The molecule has 0 saturated carbocycles. The summed E-state index contributed by atoms with van der Waals surface area (Å²) < 4.78 is 32.9. The maximum absolute atomic E-state index is 12.5. The van der Waals surface area contributed by atoms with Crippen molar-refractivity contribution >= 4 is 15.9 Å². The van der Waals surface area contributed by atoms with E-state index < -0.39 is 10.0 Å². The predicted octanol–water partition coefficient (Wildman–Crippen LogP) is 1.07. The van der Waals surface area contributed by atoms with Crippen molar-refractivity contribution in [3.63, 3.8) is 0 Å². The van der Waals surface area contributed by atoms with Gasteiger partial charge in [-0.3, -0.25) is 9.69 Å². The molecule has 1 aromatic rings. The first kappa shape index (κ1) is 21.2. The average Bonchev–Trinajstić information content (AvgIpc) is 2.72. The number of nitrogens with zero attached hydrogens (tertiary/aromatic N) is 1. The number of rotatable bonds is 8. The molecule has 1 fully saturated rings. The summed E-state index contributed by atoms with van der Waals surface area (Å²) in [5, 5.41) is 2.89. The fraction of sp³-hybridized carbons (Fsp3) is 0.650. The average molecular weight is 410 g/mol. The topological polar surface area (TPSA) is 87.7 Å². The zero-order valence-corrected chi connectivity index (χ0v) is 17.4. The van der Waals surface area contributed by atoms with Crippen molar-refractivity contribution in [1.29, 1.82) is 0 Å². The Balaban J connectivity index is 1.42. The summed E-state index contributed by atoms with van der Waals surface area (Å²) in [6.45, 7) is 5.92. The Kier molecular flexibility index (Phi) is 7.45. The molecule has 1 aromatic carbocycles. The molecule has 0 radical (unpaired) electrons. The molecule has 1 aliphatic carbocycles. The van der Waals surface area contributed by atoms with Gasteiger partial charge in [0.1, 0.15) is 0 Å². The van der Waals surface area contributed by atoms with Gasteiger partial charge in [0.2, 0.25) is 15.9 Å². The highest BCUT2D eigenvalue weighted by molar-refractivity contribution is 7.89. The van der Waals surface area contributed by atoms with Crippen LogP contribution in [0.2, 0.25) is 0 Å². The second-order valence-corrected chi connectivity index (χ2v) is 9.35. The number of amides is 1. The Bertz CT molecular complexity index is 776. The summed E-state index contributed by atoms with van der Waals surface area (Å²) in [4.78, 5) is 14.6. The van der Waals surface area contributed by atoms with Crippen LogP contribution in [0.25, 0.3) is 0 Å². The number of carbonyl (C=O) groups is 1. The van der Waals surface area contributed by atoms with Crippen molar-refractivity contribution in [2.45, 2.75) is 50.0 Å². The minimum absolute atomic E-state index is 0.0944. The number of ether oxygens (including phenoxy) is 1. The summed E-state index contributed by atoms with van der Waals surface area (Å²) in [6, 6.07) is 5.60. The molecule has 1 amide bonds. The standard InChI is InChI=1S/C20H31N3O4S/c1-16(23-10-12-27-13-11-23)15-21-20(24)8-9-22-28(25,26)19-7-6-17-4-2-3-5-18(17)14-19/h6-7,14,16,22H,2-5,8-13,15H2,1H3,(H,21,24). The van der Waals surface area contributed by atoms with Gasteiger partial charge in [0.25, 0.3) is 0 Å². The Labute approximate surface area is 167 Å². The van der Waals surface area contributed by atoms with E-state index in [1.165, 1.54) is 5.56 Å². The van der Waals surface area contributed by atoms with Crippen LogP contribution in [0.4, 0.5) is 0 Å². The SMILES string of the molecule is CC(CNC(=O)CCNS(=O)(=O)c1ccc2c(c1)CCCC2)N1CCOCC1. The Morgan fingerprint density at radius 1 is 1.18 bits per heavy atom. The van der Waals surface area contributed by atoms with Gasteiger partial charge in [-0.05, 0) is 55.9 Å². The van der Waals surface area contributed by atoms with Gasteiger partial charge in [0.05, 0.1) is 18.1 Å². The molecule has 1 heterocycles. The Morgan fingerprint density at radius 3 is 2.64 bits per heavy atom. The third kappa shape index (κ3) is 5.76. The van der Waals surface area contributed by atoms with Crippen LogP contribution in [-0.4, -0.2) is 64.7 Å². The van der Waals surface area contributed by atoms with Crippen LogP contribution in [0.1, 0.15) is 37.3 Å². The van der Waals surface area contributed by atoms with E-state index in [-0.39, 0.29) is 29.8 Å². The van der Waals surface area contributed by atoms with Crippen molar-refractivity contribution in [2.24, 2.45) is 0 Å². The van der Waals surface area contributed by atoms with Crippen LogP contribution in [0.5, 0.6) is 0 Å². The molecule has 7 nitrogen and oxygen atoms in total. The maximum Gasteiger partial charge on any atom is 0.240 e.